The first kappa shape index (κ1) is 9.49. The molecule has 2 nitrogen and oxygen atoms in total. The molecular weight excluding hydrogens is 203 g/mol. The van der Waals surface area contributed by atoms with Gasteiger partial charge in [-0.25, -0.2) is 4.39 Å². The molecule has 2 rings (SSSR count). The van der Waals surface area contributed by atoms with Crippen LogP contribution in [0.1, 0.15) is 5.56 Å². The zero-order valence-electron chi connectivity index (χ0n) is 7.70. The minimum absolute atomic E-state index is 0.240. The van der Waals surface area contributed by atoms with Crippen molar-refractivity contribution in [3.05, 3.63) is 34.7 Å². The highest BCUT2D eigenvalue weighted by molar-refractivity contribution is 6.31. The highest BCUT2D eigenvalue weighted by Crippen LogP contribution is 2.27. The van der Waals surface area contributed by atoms with E-state index >= 15 is 0 Å². The highest BCUT2D eigenvalue weighted by Gasteiger charge is 2.12. The molecule has 0 aliphatic carbocycles. The lowest BCUT2D eigenvalue weighted by Crippen LogP contribution is -2.05. The Labute approximate surface area is 86.1 Å². The van der Waals surface area contributed by atoms with E-state index < -0.39 is 0 Å². The van der Waals surface area contributed by atoms with Crippen LogP contribution in [0.2, 0.25) is 5.15 Å². The first-order valence-electron chi connectivity index (χ1n) is 4.33. The summed E-state index contributed by atoms with van der Waals surface area (Å²) in [7, 11) is 1.80. The Hall–Kier alpha value is -1.06. The summed E-state index contributed by atoms with van der Waals surface area (Å²) in [5, 5.41) is 4.03. The van der Waals surface area contributed by atoms with Gasteiger partial charge in [-0.1, -0.05) is 17.7 Å². The molecule has 0 atom stereocenters. The third-order valence-electron chi connectivity index (χ3n) is 2.18. The molecule has 0 unspecified atom stereocenters. The lowest BCUT2D eigenvalue weighted by molar-refractivity contribution is 0.638. The molecule has 2 aromatic rings. The third-order valence-corrected chi connectivity index (χ3v) is 2.50. The maximum Gasteiger partial charge on any atom is 0.132 e. The SMILES string of the molecule is CNCc1c(Cl)[nH]c2cccc(F)c12. The zero-order valence-corrected chi connectivity index (χ0v) is 8.45. The quantitative estimate of drug-likeness (QED) is 0.787. The fraction of sp³-hybridized carbons (Fsp3) is 0.200. The average Bonchev–Trinajstić information content (AvgIpc) is 2.45. The number of fused-ring (bicyclic) bond motifs is 1. The van der Waals surface area contributed by atoms with E-state index in [1.54, 1.807) is 13.1 Å². The molecule has 0 spiro atoms. The highest BCUT2D eigenvalue weighted by atomic mass is 35.5. The average molecular weight is 213 g/mol. The second-order valence-corrected chi connectivity index (χ2v) is 3.49. The molecule has 0 aliphatic rings. The van der Waals surface area contributed by atoms with E-state index in [9.17, 15) is 4.39 Å². The normalized spacial score (nSPS) is 11.1. The first-order chi connectivity index (χ1) is 6.74. The van der Waals surface area contributed by atoms with Crippen LogP contribution in [0.25, 0.3) is 10.9 Å². The van der Waals surface area contributed by atoms with Gasteiger partial charge in [-0.3, -0.25) is 0 Å². The Morgan fingerprint density at radius 1 is 1.50 bits per heavy atom. The molecule has 74 valence electrons. The number of hydrogen-bond acceptors (Lipinski definition) is 1. The molecule has 0 amide bonds. The van der Waals surface area contributed by atoms with Crippen LogP contribution in [0.4, 0.5) is 4.39 Å². The monoisotopic (exact) mass is 212 g/mol. The van der Waals surface area contributed by atoms with E-state index in [2.05, 4.69) is 10.3 Å². The molecule has 1 aromatic heterocycles. The van der Waals surface area contributed by atoms with Gasteiger partial charge in [-0.05, 0) is 19.2 Å². The van der Waals surface area contributed by atoms with Crippen LogP contribution in [0.5, 0.6) is 0 Å². The van der Waals surface area contributed by atoms with Crippen LogP contribution >= 0.6 is 11.6 Å². The van der Waals surface area contributed by atoms with Crippen molar-refractivity contribution in [2.24, 2.45) is 0 Å². The Morgan fingerprint density at radius 2 is 2.29 bits per heavy atom. The number of halogens is 2. The summed E-state index contributed by atoms with van der Waals surface area (Å²) in [5.41, 5.74) is 1.52. The zero-order chi connectivity index (χ0) is 10.1. The number of aromatic amines is 1. The predicted octanol–water partition coefficient (Wildman–Crippen LogP) is 2.68. The fourth-order valence-corrected chi connectivity index (χ4v) is 1.84. The van der Waals surface area contributed by atoms with Gasteiger partial charge in [0.05, 0.1) is 0 Å². The molecule has 0 fully saturated rings. The third kappa shape index (κ3) is 1.38. The number of nitrogens with one attached hydrogen (secondary N) is 2. The van der Waals surface area contributed by atoms with Crippen LogP contribution in [0.3, 0.4) is 0 Å². The van der Waals surface area contributed by atoms with Crippen LogP contribution in [0.15, 0.2) is 18.2 Å². The lowest BCUT2D eigenvalue weighted by atomic mass is 10.1. The van der Waals surface area contributed by atoms with Crippen LogP contribution in [-0.2, 0) is 6.54 Å². The smallest absolute Gasteiger partial charge is 0.132 e. The van der Waals surface area contributed by atoms with Crippen molar-refractivity contribution < 1.29 is 4.39 Å². The molecule has 0 aliphatic heterocycles. The predicted molar refractivity (Wildman–Crippen MR) is 56.0 cm³/mol. The molecule has 14 heavy (non-hydrogen) atoms. The Kier molecular flexibility index (Phi) is 2.44. The molecule has 1 aromatic carbocycles. The van der Waals surface area contributed by atoms with Crippen molar-refractivity contribution >= 4 is 22.5 Å². The molecule has 2 N–H and O–H groups in total. The van der Waals surface area contributed by atoms with E-state index in [0.717, 1.165) is 11.1 Å². The minimum Gasteiger partial charge on any atom is -0.345 e. The summed E-state index contributed by atoms with van der Waals surface area (Å²) in [6, 6.07) is 4.91. The number of hydrogen-bond donors (Lipinski definition) is 2. The Balaban J connectivity index is 2.73. The summed E-state index contributed by atoms with van der Waals surface area (Å²) in [5.74, 6) is -0.240. The topological polar surface area (TPSA) is 27.8 Å². The van der Waals surface area contributed by atoms with Gasteiger partial charge in [0.2, 0.25) is 0 Å². The van der Waals surface area contributed by atoms with E-state index in [1.165, 1.54) is 6.07 Å². The van der Waals surface area contributed by atoms with Crippen LogP contribution in [0, 0.1) is 5.82 Å². The van der Waals surface area contributed by atoms with Gasteiger partial charge in [0, 0.05) is 23.0 Å². The summed E-state index contributed by atoms with van der Waals surface area (Å²) >= 11 is 5.96. The second kappa shape index (κ2) is 3.59. The van der Waals surface area contributed by atoms with Crippen molar-refractivity contribution in [3.8, 4) is 0 Å². The summed E-state index contributed by atoms with van der Waals surface area (Å²) in [6.07, 6.45) is 0. The first-order valence-corrected chi connectivity index (χ1v) is 4.71. The van der Waals surface area contributed by atoms with E-state index in [4.69, 9.17) is 11.6 Å². The van der Waals surface area contributed by atoms with Gasteiger partial charge in [0.25, 0.3) is 0 Å². The molecule has 0 bridgehead atoms. The maximum atomic E-state index is 13.5. The van der Waals surface area contributed by atoms with Crippen LogP contribution < -0.4 is 5.32 Å². The number of rotatable bonds is 2. The maximum absolute atomic E-state index is 13.5. The van der Waals surface area contributed by atoms with Gasteiger partial charge in [-0.15, -0.1) is 0 Å². The number of benzene rings is 1. The minimum atomic E-state index is -0.240. The molecule has 4 heteroatoms. The molecule has 0 radical (unpaired) electrons. The van der Waals surface area contributed by atoms with Crippen molar-refractivity contribution in [3.63, 3.8) is 0 Å². The fourth-order valence-electron chi connectivity index (χ4n) is 1.58. The molecule has 0 saturated heterocycles. The number of H-pyrrole nitrogens is 1. The summed E-state index contributed by atoms with van der Waals surface area (Å²) < 4.78 is 13.5. The van der Waals surface area contributed by atoms with E-state index in [-0.39, 0.29) is 5.82 Å². The second-order valence-electron chi connectivity index (χ2n) is 3.11. The Morgan fingerprint density at radius 3 is 3.00 bits per heavy atom. The van der Waals surface area contributed by atoms with Gasteiger partial charge < -0.3 is 10.3 Å². The molecule has 1 heterocycles. The van der Waals surface area contributed by atoms with Gasteiger partial charge in [0.15, 0.2) is 0 Å². The van der Waals surface area contributed by atoms with Crippen LogP contribution in [-0.4, -0.2) is 12.0 Å². The molecule has 0 saturated carbocycles. The Bertz CT molecular complexity index is 464. The molecular formula is C10H10ClFN2. The standard InChI is InChI=1S/C10H10ClFN2/c1-13-5-6-9-7(12)3-2-4-8(9)14-10(6)11/h2-4,13-14H,5H2,1H3. The summed E-state index contributed by atoms with van der Waals surface area (Å²) in [6.45, 7) is 0.555. The summed E-state index contributed by atoms with van der Waals surface area (Å²) in [4.78, 5) is 2.94. The van der Waals surface area contributed by atoms with Crippen molar-refractivity contribution in [1.29, 1.82) is 0 Å². The largest absolute Gasteiger partial charge is 0.345 e. The lowest BCUT2D eigenvalue weighted by Gasteiger charge is -1.99. The van der Waals surface area contributed by atoms with Crippen molar-refractivity contribution in [2.75, 3.05) is 7.05 Å². The van der Waals surface area contributed by atoms with Crippen molar-refractivity contribution in [2.45, 2.75) is 6.54 Å². The van der Waals surface area contributed by atoms with Crippen molar-refractivity contribution in [1.82, 2.24) is 10.3 Å². The van der Waals surface area contributed by atoms with Gasteiger partial charge in [-0.2, -0.15) is 0 Å². The van der Waals surface area contributed by atoms with E-state index in [1.807, 2.05) is 6.07 Å². The van der Waals surface area contributed by atoms with Gasteiger partial charge in [0.1, 0.15) is 11.0 Å². The van der Waals surface area contributed by atoms with Gasteiger partial charge >= 0.3 is 0 Å². The van der Waals surface area contributed by atoms with E-state index in [0.29, 0.717) is 17.1 Å². The number of aromatic nitrogens is 1.